The van der Waals surface area contributed by atoms with Crippen molar-refractivity contribution in [1.82, 2.24) is 19.7 Å². The molecule has 4 rings (SSSR count). The monoisotopic (exact) mass is 340 g/mol. The second-order valence-electron chi connectivity index (χ2n) is 5.21. The van der Waals surface area contributed by atoms with Crippen LogP contribution >= 0.6 is 11.8 Å². The zero-order valence-corrected chi connectivity index (χ0v) is 13.6. The maximum absolute atomic E-state index is 13.1. The Balaban J connectivity index is 1.84. The Morgan fingerprint density at radius 1 is 1.08 bits per heavy atom. The van der Waals surface area contributed by atoms with E-state index >= 15 is 0 Å². The molecule has 0 atom stereocenters. The van der Waals surface area contributed by atoms with Crippen LogP contribution in [0.5, 0.6) is 0 Å². The van der Waals surface area contributed by atoms with E-state index in [1.807, 2.05) is 35.1 Å². The van der Waals surface area contributed by atoms with Gasteiger partial charge in [0.1, 0.15) is 5.82 Å². The standard InChI is InChI=1S/C17H13FN4OS/c1-24-17-21-20-16(23-17)15-19-13-4-2-3-5-14(13)22(15)10-11-6-8-12(18)9-7-11/h2-9H,10H2,1H3. The third-order valence-electron chi connectivity index (χ3n) is 3.68. The molecule has 2 heterocycles. The van der Waals surface area contributed by atoms with Gasteiger partial charge < -0.3 is 8.98 Å². The lowest BCUT2D eigenvalue weighted by molar-refractivity contribution is 0.461. The van der Waals surface area contributed by atoms with E-state index in [1.165, 1.54) is 23.9 Å². The van der Waals surface area contributed by atoms with E-state index < -0.39 is 0 Å². The molecule has 0 radical (unpaired) electrons. The first-order valence-electron chi connectivity index (χ1n) is 7.32. The van der Waals surface area contributed by atoms with Crippen molar-refractivity contribution in [2.24, 2.45) is 0 Å². The third-order valence-corrected chi connectivity index (χ3v) is 4.20. The first-order valence-corrected chi connectivity index (χ1v) is 8.54. The summed E-state index contributed by atoms with van der Waals surface area (Å²) in [5.41, 5.74) is 2.77. The lowest BCUT2D eigenvalue weighted by atomic mass is 10.2. The molecule has 0 N–H and O–H groups in total. The largest absolute Gasteiger partial charge is 0.408 e. The Hall–Kier alpha value is -2.67. The molecule has 0 amide bonds. The molecule has 0 saturated carbocycles. The van der Waals surface area contributed by atoms with E-state index in [2.05, 4.69) is 15.2 Å². The highest BCUT2D eigenvalue weighted by Gasteiger charge is 2.18. The minimum Gasteiger partial charge on any atom is -0.408 e. The minimum absolute atomic E-state index is 0.254. The van der Waals surface area contributed by atoms with Crippen LogP contribution in [0.25, 0.3) is 22.7 Å². The molecule has 0 aliphatic rings. The Morgan fingerprint density at radius 2 is 1.88 bits per heavy atom. The van der Waals surface area contributed by atoms with Gasteiger partial charge in [-0.25, -0.2) is 9.37 Å². The molecule has 0 spiro atoms. The van der Waals surface area contributed by atoms with Crippen molar-refractivity contribution in [3.8, 4) is 11.7 Å². The fourth-order valence-corrected chi connectivity index (χ4v) is 2.84. The molecule has 24 heavy (non-hydrogen) atoms. The second-order valence-corrected chi connectivity index (χ2v) is 5.97. The fourth-order valence-electron chi connectivity index (χ4n) is 2.55. The molecule has 0 aliphatic carbocycles. The summed E-state index contributed by atoms with van der Waals surface area (Å²) < 4.78 is 20.8. The molecular formula is C17H13FN4OS. The van der Waals surface area contributed by atoms with Crippen LogP contribution in [-0.2, 0) is 6.54 Å². The van der Waals surface area contributed by atoms with Crippen LogP contribution in [0.3, 0.4) is 0 Å². The highest BCUT2D eigenvalue weighted by molar-refractivity contribution is 7.98. The van der Waals surface area contributed by atoms with Crippen LogP contribution in [0.2, 0.25) is 0 Å². The number of aromatic nitrogens is 4. The lowest BCUT2D eigenvalue weighted by Gasteiger charge is -2.07. The van der Waals surface area contributed by atoms with Crippen molar-refractivity contribution in [3.63, 3.8) is 0 Å². The molecule has 2 aromatic carbocycles. The van der Waals surface area contributed by atoms with Gasteiger partial charge in [0.15, 0.2) is 5.82 Å². The van der Waals surface area contributed by atoms with Gasteiger partial charge in [0, 0.05) is 6.54 Å². The van der Waals surface area contributed by atoms with Crippen LogP contribution in [-0.4, -0.2) is 26.0 Å². The molecule has 4 aromatic rings. The number of benzene rings is 2. The second kappa shape index (κ2) is 6.09. The number of imidazole rings is 1. The number of para-hydroxylation sites is 2. The highest BCUT2D eigenvalue weighted by Crippen LogP contribution is 2.26. The van der Waals surface area contributed by atoms with Gasteiger partial charge in [-0.2, -0.15) is 0 Å². The predicted octanol–water partition coefficient (Wildman–Crippen LogP) is 4.00. The molecule has 0 unspecified atom stereocenters. The maximum atomic E-state index is 13.1. The molecule has 120 valence electrons. The normalized spacial score (nSPS) is 11.2. The Labute approximate surface area is 141 Å². The quantitative estimate of drug-likeness (QED) is 0.526. The Morgan fingerprint density at radius 3 is 2.62 bits per heavy atom. The van der Waals surface area contributed by atoms with Gasteiger partial charge in [-0.15, -0.1) is 10.2 Å². The number of rotatable bonds is 4. The molecule has 7 heteroatoms. The van der Waals surface area contributed by atoms with Crippen LogP contribution < -0.4 is 0 Å². The number of nitrogens with zero attached hydrogens (tertiary/aromatic N) is 4. The van der Waals surface area contributed by atoms with E-state index in [4.69, 9.17) is 4.42 Å². The van der Waals surface area contributed by atoms with Crippen molar-refractivity contribution in [2.75, 3.05) is 6.26 Å². The van der Waals surface area contributed by atoms with Crippen LogP contribution in [0.4, 0.5) is 4.39 Å². The van der Waals surface area contributed by atoms with Crippen molar-refractivity contribution >= 4 is 22.8 Å². The average Bonchev–Trinajstić information content (AvgIpc) is 3.22. The molecule has 0 bridgehead atoms. The molecular weight excluding hydrogens is 327 g/mol. The van der Waals surface area contributed by atoms with Crippen LogP contribution in [0.15, 0.2) is 58.2 Å². The summed E-state index contributed by atoms with van der Waals surface area (Å²) in [7, 11) is 0. The van der Waals surface area contributed by atoms with Crippen molar-refractivity contribution in [3.05, 3.63) is 59.9 Å². The predicted molar refractivity (Wildman–Crippen MR) is 90.3 cm³/mol. The Kier molecular flexibility index (Phi) is 3.78. The number of hydrogen-bond acceptors (Lipinski definition) is 5. The third kappa shape index (κ3) is 2.67. The minimum atomic E-state index is -0.254. The summed E-state index contributed by atoms with van der Waals surface area (Å²) in [6.45, 7) is 0.535. The van der Waals surface area contributed by atoms with E-state index in [1.54, 1.807) is 12.1 Å². The summed E-state index contributed by atoms with van der Waals surface area (Å²) in [5, 5.41) is 8.56. The summed E-state index contributed by atoms with van der Waals surface area (Å²) >= 11 is 1.38. The molecule has 2 aromatic heterocycles. The number of halogens is 1. The number of hydrogen-bond donors (Lipinski definition) is 0. The van der Waals surface area contributed by atoms with Crippen molar-refractivity contribution in [1.29, 1.82) is 0 Å². The fraction of sp³-hybridized carbons (Fsp3) is 0.118. The van der Waals surface area contributed by atoms with Gasteiger partial charge >= 0.3 is 0 Å². The lowest BCUT2D eigenvalue weighted by Crippen LogP contribution is -2.02. The molecule has 5 nitrogen and oxygen atoms in total. The van der Waals surface area contributed by atoms with Gasteiger partial charge in [0.2, 0.25) is 0 Å². The van der Waals surface area contributed by atoms with Crippen LogP contribution in [0.1, 0.15) is 5.56 Å². The van der Waals surface area contributed by atoms with E-state index in [-0.39, 0.29) is 5.82 Å². The maximum Gasteiger partial charge on any atom is 0.284 e. The van der Waals surface area contributed by atoms with E-state index in [0.717, 1.165) is 16.6 Å². The van der Waals surface area contributed by atoms with Gasteiger partial charge in [0.05, 0.1) is 11.0 Å². The summed E-state index contributed by atoms with van der Waals surface area (Å²) in [6.07, 6.45) is 1.87. The van der Waals surface area contributed by atoms with E-state index in [9.17, 15) is 4.39 Å². The van der Waals surface area contributed by atoms with Crippen LogP contribution in [0, 0.1) is 5.82 Å². The topological polar surface area (TPSA) is 56.7 Å². The van der Waals surface area contributed by atoms with E-state index in [0.29, 0.717) is 23.5 Å². The van der Waals surface area contributed by atoms with Gasteiger partial charge in [-0.1, -0.05) is 36.0 Å². The first-order chi connectivity index (χ1) is 11.7. The van der Waals surface area contributed by atoms with Gasteiger partial charge in [-0.05, 0) is 36.1 Å². The number of fused-ring (bicyclic) bond motifs is 1. The number of thioether (sulfide) groups is 1. The van der Waals surface area contributed by atoms with Gasteiger partial charge in [-0.3, -0.25) is 0 Å². The SMILES string of the molecule is CSc1nnc(-c2nc3ccccc3n2Cc2ccc(F)cc2)o1. The Bertz CT molecular complexity index is 993. The molecule has 0 aliphatic heterocycles. The average molecular weight is 340 g/mol. The smallest absolute Gasteiger partial charge is 0.284 e. The molecule has 0 fully saturated rings. The summed E-state index contributed by atoms with van der Waals surface area (Å²) in [6, 6.07) is 14.2. The summed E-state index contributed by atoms with van der Waals surface area (Å²) in [4.78, 5) is 4.63. The van der Waals surface area contributed by atoms with Crippen molar-refractivity contribution < 1.29 is 8.81 Å². The van der Waals surface area contributed by atoms with Crippen molar-refractivity contribution in [2.45, 2.75) is 11.8 Å². The van der Waals surface area contributed by atoms with Gasteiger partial charge in [0.25, 0.3) is 11.1 Å². The highest BCUT2D eigenvalue weighted by atomic mass is 32.2. The first kappa shape index (κ1) is 14.9. The zero-order valence-electron chi connectivity index (χ0n) is 12.8. The summed E-state index contributed by atoms with van der Waals surface area (Å²) in [5.74, 6) is 0.724. The zero-order chi connectivity index (χ0) is 16.5. The molecule has 0 saturated heterocycles.